The predicted octanol–water partition coefficient (Wildman–Crippen LogP) is 2.97. The standard InChI is InChI=1S/C16H23NO2/c1-17(2)13-7-4-8-14-19-16(18)12-11-15-9-5-3-6-10-15/h3,5-6,9-12H,4,7-8,13-14H2,1-2H3. The molecule has 0 aliphatic carbocycles. The lowest BCUT2D eigenvalue weighted by atomic mass is 10.2. The van der Waals surface area contributed by atoms with Gasteiger partial charge in [-0.05, 0) is 51.5 Å². The van der Waals surface area contributed by atoms with Crippen molar-refractivity contribution in [1.29, 1.82) is 0 Å². The van der Waals surface area contributed by atoms with Crippen LogP contribution in [0.15, 0.2) is 36.4 Å². The summed E-state index contributed by atoms with van der Waals surface area (Å²) in [5.41, 5.74) is 1.01. The minimum absolute atomic E-state index is 0.267. The third-order valence-electron chi connectivity index (χ3n) is 2.71. The Hall–Kier alpha value is -1.61. The van der Waals surface area contributed by atoms with Crippen molar-refractivity contribution in [3.8, 4) is 0 Å². The molecular weight excluding hydrogens is 238 g/mol. The van der Waals surface area contributed by atoms with Gasteiger partial charge in [0.15, 0.2) is 0 Å². The van der Waals surface area contributed by atoms with Crippen LogP contribution in [0.1, 0.15) is 24.8 Å². The summed E-state index contributed by atoms with van der Waals surface area (Å²) >= 11 is 0. The Morgan fingerprint density at radius 2 is 1.89 bits per heavy atom. The van der Waals surface area contributed by atoms with Crippen molar-refractivity contribution in [2.24, 2.45) is 0 Å². The second-order valence-corrected chi connectivity index (χ2v) is 4.78. The molecule has 3 heteroatoms. The van der Waals surface area contributed by atoms with E-state index in [1.165, 1.54) is 6.08 Å². The zero-order valence-corrected chi connectivity index (χ0v) is 11.8. The number of nitrogens with zero attached hydrogens (tertiary/aromatic N) is 1. The molecule has 19 heavy (non-hydrogen) atoms. The zero-order valence-electron chi connectivity index (χ0n) is 11.8. The monoisotopic (exact) mass is 261 g/mol. The smallest absolute Gasteiger partial charge is 0.330 e. The number of carbonyl (C=O) groups excluding carboxylic acids is 1. The van der Waals surface area contributed by atoms with Gasteiger partial charge >= 0.3 is 5.97 Å². The third kappa shape index (κ3) is 8.16. The van der Waals surface area contributed by atoms with Crippen molar-refractivity contribution < 1.29 is 9.53 Å². The second kappa shape index (κ2) is 9.34. The summed E-state index contributed by atoms with van der Waals surface area (Å²) in [5, 5.41) is 0. The van der Waals surface area contributed by atoms with Gasteiger partial charge in [0.25, 0.3) is 0 Å². The lowest BCUT2D eigenvalue weighted by Gasteiger charge is -2.08. The fraction of sp³-hybridized carbons (Fsp3) is 0.438. The molecule has 0 aromatic heterocycles. The van der Waals surface area contributed by atoms with Crippen LogP contribution in [0.25, 0.3) is 6.08 Å². The molecule has 1 rings (SSSR count). The molecule has 0 radical (unpaired) electrons. The first-order chi connectivity index (χ1) is 9.18. The predicted molar refractivity (Wildman–Crippen MR) is 78.8 cm³/mol. The van der Waals surface area contributed by atoms with Crippen LogP contribution in [-0.4, -0.2) is 38.1 Å². The van der Waals surface area contributed by atoms with Gasteiger partial charge in [-0.1, -0.05) is 30.3 Å². The SMILES string of the molecule is CN(C)CCCCCOC(=O)C=Cc1ccccc1. The molecule has 0 N–H and O–H groups in total. The van der Waals surface area contributed by atoms with Gasteiger partial charge in [0, 0.05) is 6.08 Å². The maximum atomic E-state index is 11.4. The summed E-state index contributed by atoms with van der Waals surface area (Å²) < 4.78 is 5.13. The van der Waals surface area contributed by atoms with E-state index < -0.39 is 0 Å². The minimum Gasteiger partial charge on any atom is -0.463 e. The number of hydrogen-bond donors (Lipinski definition) is 0. The number of benzene rings is 1. The van der Waals surface area contributed by atoms with Crippen LogP contribution in [0.2, 0.25) is 0 Å². The number of ether oxygens (including phenoxy) is 1. The molecule has 0 bridgehead atoms. The Balaban J connectivity index is 2.10. The van der Waals surface area contributed by atoms with Crippen molar-refractivity contribution in [2.45, 2.75) is 19.3 Å². The molecule has 1 aromatic carbocycles. The molecule has 0 saturated heterocycles. The van der Waals surface area contributed by atoms with Crippen LogP contribution in [0.5, 0.6) is 0 Å². The molecule has 1 aromatic rings. The van der Waals surface area contributed by atoms with Gasteiger partial charge in [-0.2, -0.15) is 0 Å². The van der Waals surface area contributed by atoms with Crippen molar-refractivity contribution in [2.75, 3.05) is 27.2 Å². The highest BCUT2D eigenvalue weighted by molar-refractivity contribution is 5.86. The first kappa shape index (κ1) is 15.4. The van der Waals surface area contributed by atoms with E-state index in [0.717, 1.165) is 31.4 Å². The van der Waals surface area contributed by atoms with E-state index in [2.05, 4.69) is 19.0 Å². The second-order valence-electron chi connectivity index (χ2n) is 4.78. The molecule has 0 unspecified atom stereocenters. The van der Waals surface area contributed by atoms with Crippen LogP contribution in [0.4, 0.5) is 0 Å². The molecule has 0 heterocycles. The van der Waals surface area contributed by atoms with Crippen molar-refractivity contribution in [1.82, 2.24) is 4.90 Å². The summed E-state index contributed by atoms with van der Waals surface area (Å²) in [6.07, 6.45) is 6.42. The van der Waals surface area contributed by atoms with E-state index in [-0.39, 0.29) is 5.97 Å². The Labute approximate surface area is 115 Å². The number of unbranched alkanes of at least 4 members (excludes halogenated alkanes) is 2. The van der Waals surface area contributed by atoms with Gasteiger partial charge in [0.05, 0.1) is 6.61 Å². The molecule has 0 atom stereocenters. The van der Waals surface area contributed by atoms with Gasteiger partial charge < -0.3 is 9.64 Å². The van der Waals surface area contributed by atoms with E-state index in [4.69, 9.17) is 4.74 Å². The van der Waals surface area contributed by atoms with Gasteiger partial charge in [-0.3, -0.25) is 0 Å². The molecule has 0 fully saturated rings. The molecule has 104 valence electrons. The van der Waals surface area contributed by atoms with Crippen LogP contribution >= 0.6 is 0 Å². The highest BCUT2D eigenvalue weighted by Gasteiger charge is 1.97. The number of esters is 1. The van der Waals surface area contributed by atoms with E-state index in [1.54, 1.807) is 6.08 Å². The molecule has 0 spiro atoms. The highest BCUT2D eigenvalue weighted by Crippen LogP contribution is 2.02. The maximum absolute atomic E-state index is 11.4. The molecule has 0 amide bonds. The van der Waals surface area contributed by atoms with Crippen LogP contribution in [0.3, 0.4) is 0 Å². The number of rotatable bonds is 8. The summed E-state index contributed by atoms with van der Waals surface area (Å²) in [6, 6.07) is 9.73. The summed E-state index contributed by atoms with van der Waals surface area (Å²) in [6.45, 7) is 1.59. The minimum atomic E-state index is -0.267. The van der Waals surface area contributed by atoms with Gasteiger partial charge in [0.2, 0.25) is 0 Å². The average molecular weight is 261 g/mol. The number of hydrogen-bond acceptors (Lipinski definition) is 3. The number of carbonyl (C=O) groups is 1. The van der Waals surface area contributed by atoms with Gasteiger partial charge in [0.1, 0.15) is 0 Å². The highest BCUT2D eigenvalue weighted by atomic mass is 16.5. The molecule has 0 saturated carbocycles. The van der Waals surface area contributed by atoms with E-state index in [1.807, 2.05) is 30.3 Å². The molecule has 0 aliphatic heterocycles. The molecule has 0 aliphatic rings. The lowest BCUT2D eigenvalue weighted by molar-refractivity contribution is -0.137. The fourth-order valence-electron chi connectivity index (χ4n) is 1.66. The zero-order chi connectivity index (χ0) is 13.9. The van der Waals surface area contributed by atoms with Gasteiger partial charge in [-0.25, -0.2) is 4.79 Å². The van der Waals surface area contributed by atoms with E-state index in [9.17, 15) is 4.79 Å². The summed E-state index contributed by atoms with van der Waals surface area (Å²) in [4.78, 5) is 13.6. The fourth-order valence-corrected chi connectivity index (χ4v) is 1.66. The Bertz CT molecular complexity index is 385. The Morgan fingerprint density at radius 1 is 1.16 bits per heavy atom. The maximum Gasteiger partial charge on any atom is 0.330 e. The normalized spacial score (nSPS) is 11.1. The summed E-state index contributed by atoms with van der Waals surface area (Å²) in [7, 11) is 4.13. The molecule has 3 nitrogen and oxygen atoms in total. The van der Waals surface area contributed by atoms with Crippen LogP contribution < -0.4 is 0 Å². The first-order valence-corrected chi connectivity index (χ1v) is 6.73. The first-order valence-electron chi connectivity index (χ1n) is 6.73. The van der Waals surface area contributed by atoms with Crippen LogP contribution in [-0.2, 0) is 9.53 Å². The summed E-state index contributed by atoms with van der Waals surface area (Å²) in [5.74, 6) is -0.267. The van der Waals surface area contributed by atoms with Crippen molar-refractivity contribution in [3.63, 3.8) is 0 Å². The third-order valence-corrected chi connectivity index (χ3v) is 2.71. The van der Waals surface area contributed by atoms with Gasteiger partial charge in [-0.15, -0.1) is 0 Å². The Morgan fingerprint density at radius 3 is 2.58 bits per heavy atom. The van der Waals surface area contributed by atoms with Crippen LogP contribution in [0, 0.1) is 0 Å². The lowest BCUT2D eigenvalue weighted by Crippen LogP contribution is -2.13. The van der Waals surface area contributed by atoms with Crippen molar-refractivity contribution >= 4 is 12.0 Å². The Kier molecular flexibility index (Phi) is 7.59. The quantitative estimate of drug-likeness (QED) is 0.409. The largest absolute Gasteiger partial charge is 0.463 e. The van der Waals surface area contributed by atoms with E-state index >= 15 is 0 Å². The van der Waals surface area contributed by atoms with E-state index in [0.29, 0.717) is 6.61 Å². The molecular formula is C16H23NO2. The average Bonchev–Trinajstić information content (AvgIpc) is 2.41. The van der Waals surface area contributed by atoms with Crippen molar-refractivity contribution in [3.05, 3.63) is 42.0 Å². The topological polar surface area (TPSA) is 29.5 Å².